The van der Waals surface area contributed by atoms with Gasteiger partial charge in [-0.25, -0.2) is 13.2 Å². The number of sulfonamides is 1. The highest BCUT2D eigenvalue weighted by Crippen LogP contribution is 2.36. The first-order valence-electron chi connectivity index (χ1n) is 11.2. The molecular formula is C24H29Cl2N3O4S. The predicted molar refractivity (Wildman–Crippen MR) is 134 cm³/mol. The third-order valence-electron chi connectivity index (χ3n) is 6.55. The van der Waals surface area contributed by atoms with Crippen molar-refractivity contribution in [1.29, 1.82) is 0 Å². The monoisotopic (exact) mass is 525 g/mol. The molecule has 2 aliphatic heterocycles. The number of likely N-dealkylation sites (tertiary alicyclic amines) is 1. The van der Waals surface area contributed by atoms with E-state index >= 15 is 0 Å². The summed E-state index contributed by atoms with van der Waals surface area (Å²) in [6, 6.07) is 13.4. The highest BCUT2D eigenvalue weighted by atomic mass is 35.5. The van der Waals surface area contributed by atoms with Crippen molar-refractivity contribution in [3.8, 4) is 5.75 Å². The second-order valence-electron chi connectivity index (χ2n) is 9.00. The zero-order valence-electron chi connectivity index (χ0n) is 19.3. The van der Waals surface area contributed by atoms with E-state index in [4.69, 9.17) is 27.9 Å². The van der Waals surface area contributed by atoms with Gasteiger partial charge in [-0.05, 0) is 36.8 Å². The van der Waals surface area contributed by atoms with Crippen molar-refractivity contribution < 1.29 is 17.9 Å². The van der Waals surface area contributed by atoms with Crippen molar-refractivity contribution in [2.45, 2.75) is 12.8 Å². The summed E-state index contributed by atoms with van der Waals surface area (Å²) in [6.07, 6.45) is 1.20. The molecule has 184 valence electrons. The molecule has 1 unspecified atom stereocenters. The Labute approximate surface area is 211 Å². The van der Waals surface area contributed by atoms with Crippen LogP contribution in [0.5, 0.6) is 5.75 Å². The Morgan fingerprint density at radius 3 is 2.26 bits per heavy atom. The number of ether oxygens (including phenoxy) is 1. The second kappa shape index (κ2) is 10.3. The lowest BCUT2D eigenvalue weighted by molar-refractivity contribution is 0.139. The van der Waals surface area contributed by atoms with E-state index in [1.807, 2.05) is 48.2 Å². The number of halogens is 2. The van der Waals surface area contributed by atoms with Crippen LogP contribution < -0.4 is 4.74 Å². The van der Waals surface area contributed by atoms with Gasteiger partial charge in [0.15, 0.2) is 0 Å². The molecule has 0 spiro atoms. The normalized spacial score (nSPS) is 21.6. The van der Waals surface area contributed by atoms with Crippen LogP contribution in [0.3, 0.4) is 0 Å². The fraction of sp³-hybridized carbons (Fsp3) is 0.458. The molecule has 0 N–H and O–H groups in total. The fourth-order valence-electron chi connectivity index (χ4n) is 4.57. The minimum Gasteiger partial charge on any atom is -0.493 e. The molecule has 0 aromatic heterocycles. The van der Waals surface area contributed by atoms with E-state index in [-0.39, 0.29) is 17.9 Å². The van der Waals surface area contributed by atoms with Crippen LogP contribution in [-0.2, 0) is 10.0 Å². The Hall–Kier alpha value is -2.00. The number of hydrogen-bond donors (Lipinski definition) is 0. The molecular weight excluding hydrogens is 497 g/mol. The van der Waals surface area contributed by atoms with E-state index in [0.717, 1.165) is 16.9 Å². The number of urea groups is 1. The molecule has 2 atom stereocenters. The summed E-state index contributed by atoms with van der Waals surface area (Å²) in [5, 5.41) is 0.978. The fourth-order valence-corrected chi connectivity index (χ4v) is 5.70. The molecule has 2 amide bonds. The number of carbonyl (C=O) groups excluding carboxylic acids is 1. The van der Waals surface area contributed by atoms with E-state index in [2.05, 4.69) is 0 Å². The molecule has 34 heavy (non-hydrogen) atoms. The van der Waals surface area contributed by atoms with Gasteiger partial charge in [0.05, 0.1) is 22.9 Å². The van der Waals surface area contributed by atoms with E-state index < -0.39 is 10.0 Å². The van der Waals surface area contributed by atoms with E-state index in [0.29, 0.717) is 55.9 Å². The number of aryl methyl sites for hydroxylation is 1. The van der Waals surface area contributed by atoms with Crippen molar-refractivity contribution in [2.24, 2.45) is 5.92 Å². The number of amides is 2. The zero-order valence-corrected chi connectivity index (χ0v) is 21.6. The summed E-state index contributed by atoms with van der Waals surface area (Å²) in [7, 11) is -3.25. The van der Waals surface area contributed by atoms with Crippen molar-refractivity contribution in [1.82, 2.24) is 14.1 Å². The van der Waals surface area contributed by atoms with E-state index in [1.54, 1.807) is 11.0 Å². The number of benzene rings is 2. The lowest BCUT2D eigenvalue weighted by Gasteiger charge is -2.35. The Balaban J connectivity index is 1.48. The van der Waals surface area contributed by atoms with Gasteiger partial charge in [0, 0.05) is 51.1 Å². The predicted octanol–water partition coefficient (Wildman–Crippen LogP) is 4.09. The smallest absolute Gasteiger partial charge is 0.320 e. The molecule has 0 aliphatic carbocycles. The number of hydrogen-bond acceptors (Lipinski definition) is 4. The quantitative estimate of drug-likeness (QED) is 0.589. The van der Waals surface area contributed by atoms with E-state index in [9.17, 15) is 13.2 Å². The molecule has 10 heteroatoms. The van der Waals surface area contributed by atoms with Gasteiger partial charge in [0.25, 0.3) is 0 Å². The Morgan fingerprint density at radius 2 is 1.65 bits per heavy atom. The van der Waals surface area contributed by atoms with Gasteiger partial charge in [-0.1, -0.05) is 47.0 Å². The zero-order chi connectivity index (χ0) is 24.5. The summed E-state index contributed by atoms with van der Waals surface area (Å²) >= 11 is 12.4. The lowest BCUT2D eigenvalue weighted by atomic mass is 9.89. The van der Waals surface area contributed by atoms with Crippen LogP contribution in [0.1, 0.15) is 17.0 Å². The largest absolute Gasteiger partial charge is 0.493 e. The van der Waals surface area contributed by atoms with Crippen molar-refractivity contribution >= 4 is 39.3 Å². The highest BCUT2D eigenvalue weighted by molar-refractivity contribution is 7.88. The summed E-state index contributed by atoms with van der Waals surface area (Å²) in [5.74, 6) is 0.904. The van der Waals surface area contributed by atoms with Crippen LogP contribution in [0, 0.1) is 12.8 Å². The summed E-state index contributed by atoms with van der Waals surface area (Å²) in [5.41, 5.74) is 2.18. The molecule has 0 bridgehead atoms. The van der Waals surface area contributed by atoms with Crippen LogP contribution in [0.25, 0.3) is 0 Å². The van der Waals surface area contributed by atoms with Crippen molar-refractivity contribution in [2.75, 3.05) is 52.1 Å². The maximum atomic E-state index is 13.3. The molecule has 7 nitrogen and oxygen atoms in total. The molecule has 2 aliphatic rings. The maximum Gasteiger partial charge on any atom is 0.320 e. The molecule has 2 aromatic rings. The molecule has 2 fully saturated rings. The van der Waals surface area contributed by atoms with Crippen LogP contribution >= 0.6 is 23.2 Å². The molecule has 0 saturated carbocycles. The maximum absolute atomic E-state index is 13.3. The first-order chi connectivity index (χ1) is 16.1. The van der Waals surface area contributed by atoms with Crippen LogP contribution in [0.2, 0.25) is 10.0 Å². The summed E-state index contributed by atoms with van der Waals surface area (Å²) < 4.78 is 31.1. The first kappa shape index (κ1) is 25.1. The number of carbonyl (C=O) groups is 1. The molecule has 2 heterocycles. The van der Waals surface area contributed by atoms with Gasteiger partial charge in [-0.15, -0.1) is 0 Å². The van der Waals surface area contributed by atoms with Crippen LogP contribution in [-0.4, -0.2) is 80.7 Å². The van der Waals surface area contributed by atoms with Gasteiger partial charge < -0.3 is 14.5 Å². The first-order valence-corrected chi connectivity index (χ1v) is 13.9. The highest BCUT2D eigenvalue weighted by Gasteiger charge is 2.39. The average molecular weight is 526 g/mol. The Kier molecular flexibility index (Phi) is 7.62. The number of piperazine rings is 1. The van der Waals surface area contributed by atoms with E-state index in [1.165, 1.54) is 10.6 Å². The van der Waals surface area contributed by atoms with Crippen LogP contribution in [0.4, 0.5) is 4.79 Å². The van der Waals surface area contributed by atoms with Gasteiger partial charge in [-0.3, -0.25) is 0 Å². The molecule has 2 saturated heterocycles. The molecule has 4 rings (SSSR count). The molecule has 2 aromatic carbocycles. The minimum absolute atomic E-state index is 0.0430. The third-order valence-corrected chi connectivity index (χ3v) is 8.59. The number of rotatable bonds is 5. The molecule has 0 radical (unpaired) electrons. The summed E-state index contributed by atoms with van der Waals surface area (Å²) in [4.78, 5) is 16.9. The topological polar surface area (TPSA) is 70.2 Å². The SMILES string of the molecule is Cc1ccc(OC[C@@H]2CN(C(=O)N3CCN(S(C)(=O)=O)CC3)CC2c2ccc(Cl)c(Cl)c2)cc1. The second-order valence-corrected chi connectivity index (χ2v) is 11.8. The summed E-state index contributed by atoms with van der Waals surface area (Å²) in [6.45, 7) is 4.95. The standard InChI is InChI=1S/C24H29Cl2N3O4S/c1-17-3-6-20(7-4-17)33-16-19-14-28(15-21(19)18-5-8-22(25)23(26)13-18)24(30)27-9-11-29(12-10-27)34(2,31)32/h3-8,13,19,21H,9-12,14-16H2,1-2H3/t19-,21?/m0/s1. The van der Waals surface area contributed by atoms with Crippen molar-refractivity contribution in [3.05, 3.63) is 63.6 Å². The average Bonchev–Trinajstić information content (AvgIpc) is 3.24. The van der Waals surface area contributed by atoms with Crippen LogP contribution in [0.15, 0.2) is 42.5 Å². The van der Waals surface area contributed by atoms with Gasteiger partial charge in [0.1, 0.15) is 5.75 Å². The third kappa shape index (κ3) is 5.79. The minimum atomic E-state index is -3.25. The number of nitrogens with zero attached hydrogens (tertiary/aromatic N) is 3. The lowest BCUT2D eigenvalue weighted by Crippen LogP contribution is -2.53. The van der Waals surface area contributed by atoms with Gasteiger partial charge >= 0.3 is 6.03 Å². The van der Waals surface area contributed by atoms with Gasteiger partial charge in [-0.2, -0.15) is 4.31 Å². The Morgan fingerprint density at radius 1 is 0.971 bits per heavy atom. The Bertz CT molecular complexity index is 1140. The van der Waals surface area contributed by atoms with Gasteiger partial charge in [0.2, 0.25) is 10.0 Å². The van der Waals surface area contributed by atoms with Crippen molar-refractivity contribution in [3.63, 3.8) is 0 Å².